The van der Waals surface area contributed by atoms with Gasteiger partial charge in [0.2, 0.25) is 0 Å². The zero-order valence-corrected chi connectivity index (χ0v) is 12.1. The van der Waals surface area contributed by atoms with E-state index in [1.165, 1.54) is 0 Å². The highest BCUT2D eigenvalue weighted by Gasteiger charge is 2.08. The van der Waals surface area contributed by atoms with Crippen LogP contribution in [0.1, 0.15) is 17.3 Å². The van der Waals surface area contributed by atoms with Gasteiger partial charge in [-0.2, -0.15) is 0 Å². The molecule has 2 rings (SSSR count). The van der Waals surface area contributed by atoms with Crippen LogP contribution in [0.4, 0.5) is 0 Å². The SMILES string of the molecule is C=C(/C=C\C=C/C)C(=O)c1cccc(-c2ccccc2)c1. The summed E-state index contributed by atoms with van der Waals surface area (Å²) in [5.41, 5.74) is 3.28. The van der Waals surface area contributed by atoms with Crippen molar-refractivity contribution >= 4 is 5.78 Å². The Morgan fingerprint density at radius 1 is 0.952 bits per heavy atom. The first-order chi connectivity index (χ1) is 10.2. The van der Waals surface area contributed by atoms with Gasteiger partial charge in [-0.1, -0.05) is 79.4 Å². The second kappa shape index (κ2) is 7.20. The van der Waals surface area contributed by atoms with Gasteiger partial charge < -0.3 is 0 Å². The molecular weight excluding hydrogens is 256 g/mol. The van der Waals surface area contributed by atoms with E-state index < -0.39 is 0 Å². The van der Waals surface area contributed by atoms with Gasteiger partial charge in [-0.25, -0.2) is 0 Å². The molecule has 0 unspecified atom stereocenters. The maximum absolute atomic E-state index is 12.3. The van der Waals surface area contributed by atoms with Crippen LogP contribution >= 0.6 is 0 Å². The minimum atomic E-state index is -0.0477. The minimum Gasteiger partial charge on any atom is -0.289 e. The summed E-state index contributed by atoms with van der Waals surface area (Å²) in [5, 5.41) is 0. The van der Waals surface area contributed by atoms with E-state index in [0.717, 1.165) is 11.1 Å². The van der Waals surface area contributed by atoms with E-state index in [0.29, 0.717) is 11.1 Å². The molecule has 0 radical (unpaired) electrons. The first-order valence-electron chi connectivity index (χ1n) is 6.91. The van der Waals surface area contributed by atoms with Crippen LogP contribution in [0.25, 0.3) is 11.1 Å². The Morgan fingerprint density at radius 2 is 1.67 bits per heavy atom. The summed E-state index contributed by atoms with van der Waals surface area (Å²) in [6.45, 7) is 5.76. The van der Waals surface area contributed by atoms with E-state index in [2.05, 4.69) is 6.58 Å². The summed E-state index contributed by atoms with van der Waals surface area (Å²) in [6.07, 6.45) is 7.34. The Labute approximate surface area is 126 Å². The van der Waals surface area contributed by atoms with E-state index in [-0.39, 0.29) is 5.78 Å². The lowest BCUT2D eigenvalue weighted by Gasteiger charge is -2.05. The molecule has 1 heteroatoms. The minimum absolute atomic E-state index is 0.0477. The number of ketones is 1. The molecule has 2 aromatic rings. The number of allylic oxidation sites excluding steroid dienone is 5. The molecule has 0 saturated carbocycles. The van der Waals surface area contributed by atoms with Gasteiger partial charge >= 0.3 is 0 Å². The van der Waals surface area contributed by atoms with Crippen LogP contribution < -0.4 is 0 Å². The summed E-state index contributed by atoms with van der Waals surface area (Å²) >= 11 is 0. The fraction of sp³-hybridized carbons (Fsp3) is 0.0500. The van der Waals surface area contributed by atoms with Gasteiger partial charge in [0.05, 0.1) is 0 Å². The average Bonchev–Trinajstić information content (AvgIpc) is 2.55. The van der Waals surface area contributed by atoms with Gasteiger partial charge in [-0.15, -0.1) is 0 Å². The maximum atomic E-state index is 12.3. The fourth-order valence-corrected chi connectivity index (χ4v) is 2.01. The molecule has 0 amide bonds. The predicted molar refractivity (Wildman–Crippen MR) is 89.3 cm³/mol. The van der Waals surface area contributed by atoms with Crippen molar-refractivity contribution in [3.63, 3.8) is 0 Å². The highest BCUT2D eigenvalue weighted by atomic mass is 16.1. The Hall–Kier alpha value is -2.67. The van der Waals surface area contributed by atoms with Gasteiger partial charge in [0.1, 0.15) is 0 Å². The molecular formula is C20H18O. The highest BCUT2D eigenvalue weighted by Crippen LogP contribution is 2.21. The molecule has 1 nitrogen and oxygen atoms in total. The standard InChI is InChI=1S/C20H18O/c1-3-4-6-10-16(2)20(21)19-14-9-13-18(15-19)17-11-7-5-8-12-17/h3-15H,2H2,1H3/b4-3-,10-6-. The monoisotopic (exact) mass is 274 g/mol. The number of Topliss-reactive ketones (excluding diaryl/α,β-unsaturated/α-hetero) is 1. The number of hydrogen-bond donors (Lipinski definition) is 0. The molecule has 21 heavy (non-hydrogen) atoms. The van der Waals surface area contributed by atoms with Crippen molar-refractivity contribution < 1.29 is 4.79 Å². The topological polar surface area (TPSA) is 17.1 Å². The molecule has 0 heterocycles. The lowest BCUT2D eigenvalue weighted by Crippen LogP contribution is -2.00. The summed E-state index contributed by atoms with van der Waals surface area (Å²) in [7, 11) is 0. The van der Waals surface area contributed by atoms with Gasteiger partial charge in [-0.3, -0.25) is 4.79 Å². The maximum Gasteiger partial charge on any atom is 0.192 e. The number of carbonyl (C=O) groups excluding carboxylic acids is 1. The smallest absolute Gasteiger partial charge is 0.192 e. The zero-order chi connectivity index (χ0) is 15.1. The number of benzene rings is 2. The van der Waals surface area contributed by atoms with E-state index in [1.54, 1.807) is 6.08 Å². The molecule has 0 aliphatic heterocycles. The zero-order valence-electron chi connectivity index (χ0n) is 12.1. The molecule has 0 spiro atoms. The summed E-state index contributed by atoms with van der Waals surface area (Å²) < 4.78 is 0. The van der Waals surface area contributed by atoms with E-state index in [9.17, 15) is 4.79 Å². The third-order valence-corrected chi connectivity index (χ3v) is 3.12. The quantitative estimate of drug-likeness (QED) is 0.415. The van der Waals surface area contributed by atoms with Crippen LogP contribution in [-0.2, 0) is 0 Å². The molecule has 0 fully saturated rings. The van der Waals surface area contributed by atoms with Crippen molar-refractivity contribution in [2.75, 3.05) is 0 Å². The van der Waals surface area contributed by atoms with Crippen molar-refractivity contribution in [1.29, 1.82) is 0 Å². The Kier molecular flexibility index (Phi) is 5.05. The molecule has 0 aliphatic rings. The van der Waals surface area contributed by atoms with Crippen molar-refractivity contribution in [3.05, 3.63) is 96.6 Å². The molecule has 2 aromatic carbocycles. The van der Waals surface area contributed by atoms with Crippen molar-refractivity contribution in [3.8, 4) is 11.1 Å². The molecule has 0 aliphatic carbocycles. The second-order valence-corrected chi connectivity index (χ2v) is 4.69. The third kappa shape index (κ3) is 3.90. The average molecular weight is 274 g/mol. The summed E-state index contributed by atoms with van der Waals surface area (Å²) in [5.74, 6) is -0.0477. The lowest BCUT2D eigenvalue weighted by atomic mass is 9.98. The summed E-state index contributed by atoms with van der Waals surface area (Å²) in [6, 6.07) is 17.7. The third-order valence-electron chi connectivity index (χ3n) is 3.12. The Bertz CT molecular complexity index is 691. The molecule has 0 bridgehead atoms. The van der Waals surface area contributed by atoms with Gasteiger partial charge in [0.25, 0.3) is 0 Å². The van der Waals surface area contributed by atoms with Crippen LogP contribution in [-0.4, -0.2) is 5.78 Å². The second-order valence-electron chi connectivity index (χ2n) is 4.69. The number of carbonyl (C=O) groups is 1. The van der Waals surface area contributed by atoms with Crippen LogP contribution in [0, 0.1) is 0 Å². The van der Waals surface area contributed by atoms with Crippen LogP contribution in [0.15, 0.2) is 91.1 Å². The Balaban J connectivity index is 2.25. The molecule has 0 atom stereocenters. The van der Waals surface area contributed by atoms with E-state index in [4.69, 9.17) is 0 Å². The molecule has 0 N–H and O–H groups in total. The molecule has 104 valence electrons. The van der Waals surface area contributed by atoms with E-state index in [1.807, 2.05) is 79.7 Å². The largest absolute Gasteiger partial charge is 0.289 e. The van der Waals surface area contributed by atoms with Crippen LogP contribution in [0.3, 0.4) is 0 Å². The fourth-order valence-electron chi connectivity index (χ4n) is 2.01. The van der Waals surface area contributed by atoms with Crippen LogP contribution in [0.2, 0.25) is 0 Å². The molecule has 0 saturated heterocycles. The predicted octanol–water partition coefficient (Wildman–Crippen LogP) is 5.22. The normalized spacial score (nSPS) is 11.1. The van der Waals surface area contributed by atoms with Crippen molar-refractivity contribution in [2.45, 2.75) is 6.92 Å². The highest BCUT2D eigenvalue weighted by molar-refractivity contribution is 6.10. The Morgan fingerprint density at radius 3 is 2.38 bits per heavy atom. The van der Waals surface area contributed by atoms with Gasteiger partial charge in [0.15, 0.2) is 5.78 Å². The van der Waals surface area contributed by atoms with E-state index >= 15 is 0 Å². The lowest BCUT2D eigenvalue weighted by molar-refractivity contribution is 0.103. The summed E-state index contributed by atoms with van der Waals surface area (Å²) in [4.78, 5) is 12.3. The van der Waals surface area contributed by atoms with Crippen LogP contribution in [0.5, 0.6) is 0 Å². The van der Waals surface area contributed by atoms with Crippen molar-refractivity contribution in [2.24, 2.45) is 0 Å². The van der Waals surface area contributed by atoms with Gasteiger partial charge in [-0.05, 0) is 24.1 Å². The number of hydrogen-bond acceptors (Lipinski definition) is 1. The van der Waals surface area contributed by atoms with Gasteiger partial charge in [0, 0.05) is 11.1 Å². The first kappa shape index (κ1) is 14.7. The first-order valence-corrected chi connectivity index (χ1v) is 6.91. The number of rotatable bonds is 5. The van der Waals surface area contributed by atoms with Crippen molar-refractivity contribution in [1.82, 2.24) is 0 Å². The molecule has 0 aromatic heterocycles.